The minimum absolute atomic E-state index is 0.112. The predicted octanol–water partition coefficient (Wildman–Crippen LogP) is 2.86. The second kappa shape index (κ2) is 9.01. The van der Waals surface area contributed by atoms with Crippen LogP contribution in [0.2, 0.25) is 0 Å². The molecule has 0 radical (unpaired) electrons. The van der Waals surface area contributed by atoms with Crippen LogP contribution in [0, 0.1) is 6.92 Å². The van der Waals surface area contributed by atoms with Crippen molar-refractivity contribution in [1.82, 2.24) is 14.7 Å². The molecular formula is C20H26N4O2S. The minimum Gasteiger partial charge on any atom is -0.338 e. The Labute approximate surface area is 164 Å². The van der Waals surface area contributed by atoms with Gasteiger partial charge in [0.15, 0.2) is 0 Å². The second-order valence-corrected chi connectivity index (χ2v) is 7.86. The first-order valence-corrected chi connectivity index (χ1v) is 10.0. The van der Waals surface area contributed by atoms with Crippen LogP contribution in [0.5, 0.6) is 0 Å². The van der Waals surface area contributed by atoms with Crippen LogP contribution in [-0.2, 0) is 11.3 Å². The number of thiophene rings is 1. The van der Waals surface area contributed by atoms with Gasteiger partial charge in [-0.25, -0.2) is 4.79 Å². The maximum atomic E-state index is 12.6. The summed E-state index contributed by atoms with van der Waals surface area (Å²) in [5.41, 5.74) is 2.06. The average molecular weight is 387 g/mol. The lowest BCUT2D eigenvalue weighted by molar-refractivity contribution is -0.133. The number of urea groups is 1. The van der Waals surface area contributed by atoms with Crippen molar-refractivity contribution in [2.24, 2.45) is 0 Å². The number of carbonyl (C=O) groups excluding carboxylic acids is 2. The molecule has 1 aliphatic heterocycles. The number of carbonyl (C=O) groups is 2. The topological polar surface area (TPSA) is 55.9 Å². The van der Waals surface area contributed by atoms with Gasteiger partial charge in [-0.2, -0.15) is 0 Å². The molecule has 0 saturated carbocycles. The van der Waals surface area contributed by atoms with Gasteiger partial charge >= 0.3 is 6.03 Å². The Morgan fingerprint density at radius 2 is 1.74 bits per heavy atom. The van der Waals surface area contributed by atoms with Crippen molar-refractivity contribution in [2.75, 3.05) is 45.1 Å². The summed E-state index contributed by atoms with van der Waals surface area (Å²) in [6, 6.07) is 11.4. The lowest BCUT2D eigenvalue weighted by Gasteiger charge is -2.35. The normalized spacial score (nSPS) is 14.5. The summed E-state index contributed by atoms with van der Waals surface area (Å²) >= 11 is 1.73. The zero-order valence-corrected chi connectivity index (χ0v) is 16.7. The number of benzene rings is 1. The number of amides is 3. The molecule has 0 spiro atoms. The first kappa shape index (κ1) is 19.4. The molecule has 0 aliphatic carbocycles. The molecule has 0 atom stereocenters. The van der Waals surface area contributed by atoms with Crippen LogP contribution in [-0.4, -0.2) is 66.4 Å². The van der Waals surface area contributed by atoms with Gasteiger partial charge in [-0.3, -0.25) is 9.69 Å². The first-order valence-electron chi connectivity index (χ1n) is 9.13. The largest absolute Gasteiger partial charge is 0.338 e. The molecule has 6 nitrogen and oxygen atoms in total. The molecule has 0 bridgehead atoms. The van der Waals surface area contributed by atoms with Crippen LogP contribution in [0.3, 0.4) is 0 Å². The van der Waals surface area contributed by atoms with Gasteiger partial charge in [-0.1, -0.05) is 18.2 Å². The summed E-state index contributed by atoms with van der Waals surface area (Å²) in [6.45, 7) is 5.54. The third kappa shape index (κ3) is 5.30. The van der Waals surface area contributed by atoms with E-state index in [1.165, 1.54) is 10.4 Å². The van der Waals surface area contributed by atoms with Crippen LogP contribution in [0.25, 0.3) is 0 Å². The third-order valence-electron chi connectivity index (χ3n) is 4.73. The highest BCUT2D eigenvalue weighted by Crippen LogP contribution is 2.17. The van der Waals surface area contributed by atoms with Crippen LogP contribution >= 0.6 is 11.3 Å². The van der Waals surface area contributed by atoms with Crippen molar-refractivity contribution in [3.63, 3.8) is 0 Å². The Morgan fingerprint density at radius 1 is 1.07 bits per heavy atom. The fraction of sp³-hybridized carbons (Fsp3) is 0.400. The van der Waals surface area contributed by atoms with E-state index >= 15 is 0 Å². The van der Waals surface area contributed by atoms with Gasteiger partial charge in [0.05, 0.1) is 6.54 Å². The molecule has 1 fully saturated rings. The van der Waals surface area contributed by atoms with Gasteiger partial charge in [-0.05, 0) is 43.1 Å². The smallest absolute Gasteiger partial charge is 0.321 e. The average Bonchev–Trinajstić information content (AvgIpc) is 3.07. The van der Waals surface area contributed by atoms with Gasteiger partial charge in [0.25, 0.3) is 0 Å². The molecule has 0 unspecified atom stereocenters. The van der Waals surface area contributed by atoms with E-state index in [9.17, 15) is 9.59 Å². The molecule has 1 aliphatic rings. The van der Waals surface area contributed by atoms with Crippen molar-refractivity contribution < 1.29 is 9.59 Å². The van der Waals surface area contributed by atoms with E-state index in [-0.39, 0.29) is 11.9 Å². The van der Waals surface area contributed by atoms with Crippen LogP contribution in [0.1, 0.15) is 10.4 Å². The fourth-order valence-electron chi connectivity index (χ4n) is 3.08. The highest BCUT2D eigenvalue weighted by Gasteiger charge is 2.24. The number of likely N-dealkylation sites (N-methyl/N-ethyl adjacent to an activating group) is 1. The Hall–Kier alpha value is -2.38. The fourth-order valence-corrected chi connectivity index (χ4v) is 4.07. The van der Waals surface area contributed by atoms with Crippen molar-refractivity contribution in [3.05, 3.63) is 52.2 Å². The summed E-state index contributed by atoms with van der Waals surface area (Å²) in [4.78, 5) is 31.9. The van der Waals surface area contributed by atoms with Crippen LogP contribution in [0.15, 0.2) is 41.8 Å². The van der Waals surface area contributed by atoms with E-state index < -0.39 is 0 Å². The molecule has 1 N–H and O–H groups in total. The van der Waals surface area contributed by atoms with Crippen molar-refractivity contribution in [1.29, 1.82) is 0 Å². The van der Waals surface area contributed by atoms with E-state index in [0.29, 0.717) is 32.7 Å². The third-order valence-corrected chi connectivity index (χ3v) is 5.74. The van der Waals surface area contributed by atoms with Gasteiger partial charge in [0.1, 0.15) is 0 Å². The zero-order chi connectivity index (χ0) is 19.2. The summed E-state index contributed by atoms with van der Waals surface area (Å²) in [5, 5.41) is 4.98. The summed E-state index contributed by atoms with van der Waals surface area (Å²) in [7, 11) is 1.97. The molecule has 1 aromatic carbocycles. The predicted molar refractivity (Wildman–Crippen MR) is 109 cm³/mol. The Morgan fingerprint density at radius 3 is 2.37 bits per heavy atom. The number of nitrogens with one attached hydrogen (secondary N) is 1. The Kier molecular flexibility index (Phi) is 6.47. The summed E-state index contributed by atoms with van der Waals surface area (Å²) < 4.78 is 0. The summed E-state index contributed by atoms with van der Waals surface area (Å²) in [5.74, 6) is 0.120. The number of hydrogen-bond donors (Lipinski definition) is 1. The lowest BCUT2D eigenvalue weighted by atomic mass is 10.2. The molecule has 144 valence electrons. The number of rotatable bonds is 5. The van der Waals surface area contributed by atoms with E-state index in [2.05, 4.69) is 28.6 Å². The molecule has 7 heteroatoms. The van der Waals surface area contributed by atoms with E-state index in [0.717, 1.165) is 12.2 Å². The zero-order valence-electron chi connectivity index (χ0n) is 15.9. The van der Waals surface area contributed by atoms with E-state index in [1.807, 2.05) is 42.3 Å². The van der Waals surface area contributed by atoms with E-state index in [4.69, 9.17) is 0 Å². The number of hydrogen-bond acceptors (Lipinski definition) is 4. The highest BCUT2D eigenvalue weighted by atomic mass is 32.1. The number of piperazine rings is 1. The molecule has 1 aromatic heterocycles. The maximum Gasteiger partial charge on any atom is 0.321 e. The molecule has 1 saturated heterocycles. The quantitative estimate of drug-likeness (QED) is 0.860. The minimum atomic E-state index is -0.112. The molecule has 2 aromatic rings. The van der Waals surface area contributed by atoms with Crippen molar-refractivity contribution in [3.8, 4) is 0 Å². The molecule has 27 heavy (non-hydrogen) atoms. The summed E-state index contributed by atoms with van der Waals surface area (Å²) in [6.07, 6.45) is 0. The van der Waals surface area contributed by atoms with Gasteiger partial charge in [-0.15, -0.1) is 11.3 Å². The van der Waals surface area contributed by atoms with Crippen molar-refractivity contribution >= 4 is 29.0 Å². The van der Waals surface area contributed by atoms with Crippen molar-refractivity contribution in [2.45, 2.75) is 13.5 Å². The van der Waals surface area contributed by atoms with E-state index in [1.54, 1.807) is 16.2 Å². The lowest BCUT2D eigenvalue weighted by Crippen LogP contribution is -2.53. The SMILES string of the molecule is Cc1ccsc1CN(C)CC(=O)N1CCN(C(=O)Nc2ccccc2)CC1. The first-order chi connectivity index (χ1) is 13.0. The van der Waals surface area contributed by atoms with Crippen LogP contribution in [0.4, 0.5) is 10.5 Å². The molecule has 2 heterocycles. The Balaban J connectivity index is 1.43. The number of aryl methyl sites for hydroxylation is 1. The second-order valence-electron chi connectivity index (χ2n) is 6.86. The van der Waals surface area contributed by atoms with Gasteiger partial charge < -0.3 is 15.1 Å². The Bertz CT molecular complexity index is 769. The standard InChI is InChI=1S/C20H26N4O2S/c1-16-8-13-27-18(16)14-22(2)15-19(25)23-9-11-24(12-10-23)20(26)21-17-6-4-3-5-7-17/h3-8,13H,9-12,14-15H2,1-2H3,(H,21,26). The molecule has 3 rings (SSSR count). The maximum absolute atomic E-state index is 12.6. The number of para-hydroxylation sites is 1. The number of anilines is 1. The van der Waals surface area contributed by atoms with Gasteiger partial charge in [0.2, 0.25) is 5.91 Å². The number of nitrogens with zero attached hydrogens (tertiary/aromatic N) is 3. The van der Waals surface area contributed by atoms with Gasteiger partial charge in [0, 0.05) is 43.3 Å². The molecular weight excluding hydrogens is 360 g/mol. The van der Waals surface area contributed by atoms with Crippen LogP contribution < -0.4 is 5.32 Å². The monoisotopic (exact) mass is 386 g/mol. The molecule has 3 amide bonds. The highest BCUT2D eigenvalue weighted by molar-refractivity contribution is 7.10.